The van der Waals surface area contributed by atoms with Gasteiger partial charge in [-0.05, 0) is 55.2 Å². The van der Waals surface area contributed by atoms with Gasteiger partial charge in [0, 0.05) is 30.7 Å². The molecule has 6 atom stereocenters. The molecule has 2 aromatic carbocycles. The predicted octanol–water partition coefficient (Wildman–Crippen LogP) is 6.23. The highest BCUT2D eigenvalue weighted by atomic mass is 35.5. The summed E-state index contributed by atoms with van der Waals surface area (Å²) in [4.78, 5) is 57.3. The van der Waals surface area contributed by atoms with Crippen LogP contribution in [0.4, 0.5) is 29.1 Å². The number of ether oxygens (including phenoxy) is 2. The third-order valence-electron chi connectivity index (χ3n) is 10.4. The Bertz CT molecular complexity index is 2110. The summed E-state index contributed by atoms with van der Waals surface area (Å²) in [6.45, 7) is 0. The van der Waals surface area contributed by atoms with Crippen LogP contribution in [0.3, 0.4) is 0 Å². The van der Waals surface area contributed by atoms with E-state index in [4.69, 9.17) is 44.3 Å². The van der Waals surface area contributed by atoms with Gasteiger partial charge >= 0.3 is 6.18 Å². The van der Waals surface area contributed by atoms with Crippen LogP contribution < -0.4 is 19.4 Å². The molecule has 278 valence electrons. The summed E-state index contributed by atoms with van der Waals surface area (Å²) in [5.74, 6) is -9.90. The molecule has 53 heavy (non-hydrogen) atoms. The number of phenols is 1. The summed E-state index contributed by atoms with van der Waals surface area (Å²) < 4.78 is 66.0. The number of nitrogens with zero attached hydrogens (tertiary/aromatic N) is 4. The van der Waals surface area contributed by atoms with Crippen LogP contribution in [0.5, 0.6) is 17.2 Å². The van der Waals surface area contributed by atoms with Gasteiger partial charge in [-0.15, -0.1) is 23.2 Å². The SMILES string of the molecule is COc1cc(O)cc(OC)c1[C@H]1C2=CC[C@@H]3C(=O)N(N(C)c4nc(C(F)(F)F)ccc4Cl)C(=O)[C@@H]3[C@@H]2C[C@@]2(Cl)C(=O)N(c3ccc(F)cc3)C(=O)[C@@]12Cl. The van der Waals surface area contributed by atoms with Crippen molar-refractivity contribution in [3.63, 3.8) is 0 Å². The third kappa shape index (κ3) is 5.18. The van der Waals surface area contributed by atoms with Crippen molar-refractivity contribution in [1.82, 2.24) is 9.99 Å². The first-order valence-corrected chi connectivity index (χ1v) is 17.1. The lowest BCUT2D eigenvalue weighted by Crippen LogP contribution is -2.60. The van der Waals surface area contributed by atoms with E-state index in [1.807, 2.05) is 0 Å². The maximum atomic E-state index is 14.7. The number of allylic oxidation sites excluding steroid dienone is 2. The van der Waals surface area contributed by atoms with E-state index >= 15 is 0 Å². The second-order valence-electron chi connectivity index (χ2n) is 13.0. The first kappa shape index (κ1) is 36.7. The number of phenolic OH excluding ortho intramolecular Hbond substituents is 1. The summed E-state index contributed by atoms with van der Waals surface area (Å²) >= 11 is 21.0. The van der Waals surface area contributed by atoms with E-state index in [-0.39, 0.29) is 39.9 Å². The van der Waals surface area contributed by atoms with Crippen LogP contribution in [0, 0.1) is 23.6 Å². The van der Waals surface area contributed by atoms with E-state index in [2.05, 4.69) is 4.98 Å². The van der Waals surface area contributed by atoms with Gasteiger partial charge in [-0.25, -0.2) is 14.3 Å². The lowest BCUT2D eigenvalue weighted by Gasteiger charge is -2.51. The fraction of sp³-hybridized carbons (Fsp3) is 0.343. The smallest absolute Gasteiger partial charge is 0.433 e. The Kier molecular flexibility index (Phi) is 8.66. The summed E-state index contributed by atoms with van der Waals surface area (Å²) in [7, 11) is 3.73. The molecule has 3 aromatic rings. The highest BCUT2D eigenvalue weighted by Gasteiger charge is 2.77. The number of pyridine rings is 1. The Balaban J connectivity index is 1.40. The summed E-state index contributed by atoms with van der Waals surface area (Å²) in [6.07, 6.45) is -3.80. The molecule has 1 aromatic heterocycles. The van der Waals surface area contributed by atoms with Crippen LogP contribution in [0.1, 0.15) is 30.0 Å². The van der Waals surface area contributed by atoms with Crippen molar-refractivity contribution in [2.45, 2.75) is 34.7 Å². The van der Waals surface area contributed by atoms with E-state index in [0.29, 0.717) is 16.6 Å². The molecular weight excluding hydrogens is 771 g/mol. The molecule has 0 bridgehead atoms. The molecule has 3 fully saturated rings. The van der Waals surface area contributed by atoms with Crippen LogP contribution >= 0.6 is 34.8 Å². The minimum atomic E-state index is -4.87. The van der Waals surface area contributed by atoms with Gasteiger partial charge in [-0.2, -0.15) is 18.2 Å². The number of benzene rings is 2. The highest BCUT2D eigenvalue weighted by molar-refractivity contribution is 6.58. The van der Waals surface area contributed by atoms with E-state index < -0.39 is 87.0 Å². The van der Waals surface area contributed by atoms with Crippen molar-refractivity contribution in [2.75, 3.05) is 31.2 Å². The van der Waals surface area contributed by atoms with Gasteiger partial charge in [0.15, 0.2) is 15.6 Å². The Labute approximate surface area is 313 Å². The lowest BCUT2D eigenvalue weighted by atomic mass is 9.56. The predicted molar refractivity (Wildman–Crippen MR) is 182 cm³/mol. The van der Waals surface area contributed by atoms with Gasteiger partial charge in [0.05, 0.1) is 36.8 Å². The normalized spacial score (nSPS) is 28.1. The van der Waals surface area contributed by atoms with Crippen LogP contribution in [-0.4, -0.2) is 69.7 Å². The first-order chi connectivity index (χ1) is 24.9. The van der Waals surface area contributed by atoms with Crippen molar-refractivity contribution >= 4 is 69.9 Å². The number of halogens is 7. The summed E-state index contributed by atoms with van der Waals surface area (Å²) in [5, 5.41) is 11.7. The minimum absolute atomic E-state index is 0.0181. The van der Waals surface area contributed by atoms with Gasteiger partial charge in [-0.3, -0.25) is 24.2 Å². The van der Waals surface area contributed by atoms with Crippen molar-refractivity contribution in [3.8, 4) is 17.2 Å². The molecule has 1 saturated carbocycles. The topological polar surface area (TPSA) is 130 Å². The maximum Gasteiger partial charge on any atom is 0.433 e. The molecule has 7 rings (SSSR count). The van der Waals surface area contributed by atoms with Gasteiger partial charge < -0.3 is 14.6 Å². The number of hydrogen-bond donors (Lipinski definition) is 1. The van der Waals surface area contributed by atoms with Gasteiger partial charge in [0.2, 0.25) is 0 Å². The number of anilines is 2. The second-order valence-corrected chi connectivity index (χ2v) is 14.7. The number of amides is 4. The zero-order valence-corrected chi connectivity index (χ0v) is 30.0. The molecule has 4 aliphatic rings. The molecule has 0 unspecified atom stereocenters. The Hall–Kier alpha value is -4.60. The zero-order chi connectivity index (χ0) is 38.5. The number of aromatic nitrogens is 1. The fourth-order valence-electron chi connectivity index (χ4n) is 8.12. The van der Waals surface area contributed by atoms with E-state index in [1.54, 1.807) is 6.08 Å². The summed E-state index contributed by atoms with van der Waals surface area (Å²) in [5.41, 5.74) is -0.939. The number of alkyl halides is 5. The molecule has 18 heteroatoms. The standard InChI is InChI=1S/C35H27Cl3F4N4O7/c1-44(28-21(36)10-11-24(43-28)35(40,41)42)46-29(48)19-9-8-18-20(25(19)30(46)49)14-33(37)31(50)45(16-6-4-15(39)5-7-16)32(51)34(33,38)27(18)26-22(52-2)12-17(47)13-23(26)53-3/h4-8,10-13,19-20,25,27,47H,9,14H2,1-3H3/t19-,20+,25-,27+,33+,34-/m0/s1. The van der Waals surface area contributed by atoms with Crippen molar-refractivity contribution in [2.24, 2.45) is 17.8 Å². The Morgan fingerprint density at radius 1 is 0.943 bits per heavy atom. The molecular formula is C35H27Cl3F4N4O7. The van der Waals surface area contributed by atoms with Gasteiger partial charge in [0.25, 0.3) is 23.6 Å². The molecule has 2 saturated heterocycles. The quantitative estimate of drug-likeness (QED) is 0.134. The molecule has 4 amide bonds. The van der Waals surface area contributed by atoms with Crippen LogP contribution in [-0.2, 0) is 25.4 Å². The van der Waals surface area contributed by atoms with E-state index in [9.17, 15) is 41.8 Å². The number of carbonyl (C=O) groups is 4. The van der Waals surface area contributed by atoms with Crippen LogP contribution in [0.15, 0.2) is 60.2 Å². The van der Waals surface area contributed by atoms with E-state index in [1.165, 1.54) is 38.5 Å². The van der Waals surface area contributed by atoms with Gasteiger partial charge in [0.1, 0.15) is 28.8 Å². The molecule has 3 heterocycles. The second kappa shape index (κ2) is 12.5. The average Bonchev–Trinajstić information content (AvgIpc) is 3.45. The molecule has 0 radical (unpaired) electrons. The lowest BCUT2D eigenvalue weighted by molar-refractivity contribution is -0.141. The zero-order valence-electron chi connectivity index (χ0n) is 27.8. The number of carbonyl (C=O) groups excluding carboxylic acids is 4. The molecule has 1 N–H and O–H groups in total. The monoisotopic (exact) mass is 796 g/mol. The molecule has 2 aliphatic heterocycles. The average molecular weight is 798 g/mol. The van der Waals surface area contributed by atoms with Crippen LogP contribution in [0.25, 0.3) is 0 Å². The third-order valence-corrected chi connectivity index (χ3v) is 12.1. The number of methoxy groups -OCH3 is 2. The Morgan fingerprint density at radius 2 is 1.57 bits per heavy atom. The minimum Gasteiger partial charge on any atom is -0.508 e. The molecule has 0 spiro atoms. The van der Waals surface area contributed by atoms with Crippen molar-refractivity contribution < 1.29 is 51.3 Å². The first-order valence-electron chi connectivity index (χ1n) is 15.9. The van der Waals surface area contributed by atoms with E-state index in [0.717, 1.165) is 35.2 Å². The number of hydrazine groups is 1. The van der Waals surface area contributed by atoms with Crippen molar-refractivity contribution in [3.05, 3.63) is 82.3 Å². The number of hydrogen-bond acceptors (Lipinski definition) is 9. The summed E-state index contributed by atoms with van der Waals surface area (Å²) in [6, 6.07) is 8.53. The molecule has 2 aliphatic carbocycles. The van der Waals surface area contributed by atoms with Crippen LogP contribution in [0.2, 0.25) is 5.02 Å². The highest BCUT2D eigenvalue weighted by Crippen LogP contribution is 2.67. The van der Waals surface area contributed by atoms with Gasteiger partial charge in [-0.1, -0.05) is 23.3 Å². The number of rotatable bonds is 6. The number of aromatic hydroxyl groups is 1. The number of fused-ring (bicyclic) bond motifs is 4. The fourth-order valence-corrected chi connectivity index (χ4v) is 9.26. The molecule has 11 nitrogen and oxygen atoms in total. The van der Waals surface area contributed by atoms with Crippen molar-refractivity contribution in [1.29, 1.82) is 0 Å². The largest absolute Gasteiger partial charge is 0.508 e. The Morgan fingerprint density at radius 3 is 2.15 bits per heavy atom. The number of imide groups is 2. The maximum absolute atomic E-state index is 14.7.